The summed E-state index contributed by atoms with van der Waals surface area (Å²) in [4.78, 5) is 0. The van der Waals surface area contributed by atoms with E-state index in [0.29, 0.717) is 17.3 Å². The molecule has 0 bridgehead atoms. The molecule has 6 heteroatoms. The quantitative estimate of drug-likeness (QED) is 0.651. The molecule has 0 unspecified atom stereocenters. The third-order valence-corrected chi connectivity index (χ3v) is 4.35. The highest BCUT2D eigenvalue weighted by Gasteiger charge is 2.14. The van der Waals surface area contributed by atoms with E-state index in [4.69, 9.17) is 16.9 Å². The first kappa shape index (κ1) is 15.6. The molecule has 0 saturated carbocycles. The molecule has 0 aliphatic rings. The summed E-state index contributed by atoms with van der Waals surface area (Å²) in [5, 5.41) is 18.8. The second kappa shape index (κ2) is 7.32. The molecule has 0 aliphatic carbocycles. The van der Waals surface area contributed by atoms with Gasteiger partial charge in [-0.2, -0.15) is 5.26 Å². The molecule has 23 heavy (non-hydrogen) atoms. The van der Waals surface area contributed by atoms with Crippen LogP contribution >= 0.6 is 23.4 Å². The first-order chi connectivity index (χ1) is 11.3. The second-order valence-corrected chi connectivity index (χ2v) is 6.21. The lowest BCUT2D eigenvalue weighted by atomic mass is 10.2. The molecule has 114 valence electrons. The van der Waals surface area contributed by atoms with Gasteiger partial charge in [0.25, 0.3) is 0 Å². The van der Waals surface area contributed by atoms with Gasteiger partial charge in [0.15, 0.2) is 11.0 Å². The molecule has 4 nitrogen and oxygen atoms in total. The van der Waals surface area contributed by atoms with Gasteiger partial charge in [0.2, 0.25) is 0 Å². The van der Waals surface area contributed by atoms with Crippen molar-refractivity contribution >= 4 is 23.4 Å². The molecular weight excluding hydrogens is 328 g/mol. The lowest BCUT2D eigenvalue weighted by Gasteiger charge is -2.10. The van der Waals surface area contributed by atoms with Crippen LogP contribution in [-0.4, -0.2) is 20.5 Å². The van der Waals surface area contributed by atoms with Gasteiger partial charge in [-0.25, -0.2) is 0 Å². The highest BCUT2D eigenvalue weighted by molar-refractivity contribution is 7.99. The van der Waals surface area contributed by atoms with Gasteiger partial charge in [0.1, 0.15) is 0 Å². The Bertz CT molecular complexity index is 822. The first-order valence-electron chi connectivity index (χ1n) is 7.01. The third kappa shape index (κ3) is 3.73. The molecule has 0 amide bonds. The molecule has 0 radical (unpaired) electrons. The highest BCUT2D eigenvalue weighted by atomic mass is 35.5. The van der Waals surface area contributed by atoms with Crippen LogP contribution in [0.25, 0.3) is 11.4 Å². The number of halogens is 1. The Hall–Kier alpha value is -2.29. The Labute approximate surface area is 143 Å². The van der Waals surface area contributed by atoms with Crippen LogP contribution in [0.1, 0.15) is 5.56 Å². The van der Waals surface area contributed by atoms with Gasteiger partial charge in [-0.3, -0.25) is 4.57 Å². The molecule has 0 fully saturated rings. The lowest BCUT2D eigenvalue weighted by Crippen LogP contribution is -2.04. The Kier molecular flexibility index (Phi) is 4.96. The molecule has 3 aromatic rings. The van der Waals surface area contributed by atoms with Crippen LogP contribution in [0.5, 0.6) is 0 Å². The number of aromatic nitrogens is 3. The molecule has 1 aromatic heterocycles. The average Bonchev–Trinajstić information content (AvgIpc) is 2.97. The number of nitriles is 1. The number of hydrogen-bond acceptors (Lipinski definition) is 4. The number of nitrogens with zero attached hydrogens (tertiary/aromatic N) is 4. The number of benzene rings is 2. The molecule has 0 N–H and O–H groups in total. The molecule has 0 saturated heterocycles. The highest BCUT2D eigenvalue weighted by Crippen LogP contribution is 2.26. The predicted molar refractivity (Wildman–Crippen MR) is 92.3 cm³/mol. The van der Waals surface area contributed by atoms with E-state index < -0.39 is 0 Å². The van der Waals surface area contributed by atoms with Crippen molar-refractivity contribution in [2.24, 2.45) is 0 Å². The van der Waals surface area contributed by atoms with Crippen LogP contribution in [0.4, 0.5) is 0 Å². The molecule has 0 spiro atoms. The summed E-state index contributed by atoms with van der Waals surface area (Å²) in [5.41, 5.74) is 2.10. The smallest absolute Gasteiger partial charge is 0.192 e. The van der Waals surface area contributed by atoms with E-state index in [0.717, 1.165) is 22.1 Å². The van der Waals surface area contributed by atoms with Gasteiger partial charge in [0, 0.05) is 10.6 Å². The van der Waals surface area contributed by atoms with Crippen LogP contribution in [-0.2, 0) is 6.54 Å². The molecule has 1 heterocycles. The summed E-state index contributed by atoms with van der Waals surface area (Å²) in [6.07, 6.45) is 0. The molecule has 0 aliphatic heterocycles. The van der Waals surface area contributed by atoms with Crippen molar-refractivity contribution in [3.63, 3.8) is 0 Å². The zero-order chi connectivity index (χ0) is 16.1. The lowest BCUT2D eigenvalue weighted by molar-refractivity contribution is 0.715. The van der Waals surface area contributed by atoms with Gasteiger partial charge < -0.3 is 0 Å². The van der Waals surface area contributed by atoms with E-state index in [1.165, 1.54) is 11.8 Å². The van der Waals surface area contributed by atoms with Crippen LogP contribution in [0.15, 0.2) is 59.8 Å². The second-order valence-electron chi connectivity index (χ2n) is 4.83. The summed E-state index contributed by atoms with van der Waals surface area (Å²) in [5.74, 6) is 1.11. The number of thioether (sulfide) groups is 1. The normalized spacial score (nSPS) is 10.4. The summed E-state index contributed by atoms with van der Waals surface area (Å²) in [6, 6.07) is 19.8. The Balaban J connectivity index is 2.00. The van der Waals surface area contributed by atoms with Gasteiger partial charge in [-0.15, -0.1) is 10.2 Å². The van der Waals surface area contributed by atoms with E-state index in [9.17, 15) is 0 Å². The average molecular weight is 341 g/mol. The molecule has 0 atom stereocenters. The van der Waals surface area contributed by atoms with Gasteiger partial charge in [-0.1, -0.05) is 53.7 Å². The minimum atomic E-state index is 0.341. The fraction of sp³-hybridized carbons (Fsp3) is 0.118. The number of hydrogen-bond donors (Lipinski definition) is 0. The van der Waals surface area contributed by atoms with Crippen LogP contribution in [0.3, 0.4) is 0 Å². The van der Waals surface area contributed by atoms with Crippen LogP contribution < -0.4 is 0 Å². The van der Waals surface area contributed by atoms with Crippen molar-refractivity contribution < 1.29 is 0 Å². The van der Waals surface area contributed by atoms with Crippen molar-refractivity contribution in [3.05, 3.63) is 65.2 Å². The SMILES string of the molecule is N#CCSc1nnc(-c2ccc(Cl)cc2)n1Cc1ccccc1. The zero-order valence-corrected chi connectivity index (χ0v) is 13.8. The summed E-state index contributed by atoms with van der Waals surface area (Å²) < 4.78 is 2.03. The van der Waals surface area contributed by atoms with Crippen molar-refractivity contribution in [3.8, 4) is 17.5 Å². The maximum Gasteiger partial charge on any atom is 0.192 e. The topological polar surface area (TPSA) is 54.5 Å². The van der Waals surface area contributed by atoms with E-state index >= 15 is 0 Å². The van der Waals surface area contributed by atoms with E-state index in [-0.39, 0.29) is 0 Å². The van der Waals surface area contributed by atoms with Crippen molar-refractivity contribution in [2.45, 2.75) is 11.7 Å². The van der Waals surface area contributed by atoms with Crippen molar-refractivity contribution in [1.29, 1.82) is 5.26 Å². The van der Waals surface area contributed by atoms with E-state index in [1.54, 1.807) is 0 Å². The zero-order valence-electron chi connectivity index (χ0n) is 12.2. The van der Waals surface area contributed by atoms with Crippen LogP contribution in [0.2, 0.25) is 5.02 Å². The summed E-state index contributed by atoms with van der Waals surface area (Å²) >= 11 is 7.35. The maximum absolute atomic E-state index is 8.82. The largest absolute Gasteiger partial charge is 0.298 e. The fourth-order valence-corrected chi connectivity index (χ4v) is 2.94. The van der Waals surface area contributed by atoms with Gasteiger partial charge >= 0.3 is 0 Å². The Morgan fingerprint density at radius 3 is 2.48 bits per heavy atom. The van der Waals surface area contributed by atoms with Gasteiger partial charge in [-0.05, 0) is 29.8 Å². The van der Waals surface area contributed by atoms with Crippen molar-refractivity contribution in [1.82, 2.24) is 14.8 Å². The minimum absolute atomic E-state index is 0.341. The molecule has 3 rings (SSSR count). The monoisotopic (exact) mass is 340 g/mol. The standard InChI is InChI=1S/C17H13ClN4S/c18-15-8-6-14(7-9-15)16-20-21-17(23-11-10-19)22(16)12-13-4-2-1-3-5-13/h1-9H,11-12H2. The predicted octanol–water partition coefficient (Wildman–Crippen LogP) is 4.26. The van der Waals surface area contributed by atoms with Gasteiger partial charge in [0.05, 0.1) is 18.4 Å². The third-order valence-electron chi connectivity index (χ3n) is 3.27. The van der Waals surface area contributed by atoms with Crippen molar-refractivity contribution in [2.75, 3.05) is 5.75 Å². The minimum Gasteiger partial charge on any atom is -0.298 e. The number of rotatable bonds is 5. The van der Waals surface area contributed by atoms with E-state index in [2.05, 4.69) is 28.4 Å². The first-order valence-corrected chi connectivity index (χ1v) is 8.37. The maximum atomic E-state index is 8.82. The fourth-order valence-electron chi connectivity index (χ4n) is 2.21. The molecule has 2 aromatic carbocycles. The summed E-state index contributed by atoms with van der Waals surface area (Å²) in [7, 11) is 0. The Morgan fingerprint density at radius 2 is 1.78 bits per heavy atom. The summed E-state index contributed by atoms with van der Waals surface area (Å²) in [6.45, 7) is 0.652. The van der Waals surface area contributed by atoms with Crippen LogP contribution in [0, 0.1) is 11.3 Å². The van der Waals surface area contributed by atoms with E-state index in [1.807, 2.05) is 47.0 Å². The Morgan fingerprint density at radius 1 is 1.04 bits per heavy atom. The molecular formula is C17H13ClN4S.